The molecule has 0 saturated carbocycles. The van der Waals surface area contributed by atoms with E-state index >= 15 is 0 Å². The molecule has 0 bridgehead atoms. The van der Waals surface area contributed by atoms with Crippen LogP contribution in [0, 0.1) is 12.7 Å². The quantitative estimate of drug-likeness (QED) is 0.445. The fraction of sp³-hybridized carbons (Fsp3) is 0.304. The molecule has 0 N–H and O–H groups in total. The number of hydrogen-bond acceptors (Lipinski definition) is 5. The highest BCUT2D eigenvalue weighted by Crippen LogP contribution is 2.20. The van der Waals surface area contributed by atoms with Gasteiger partial charge in [-0.25, -0.2) is 4.39 Å². The number of rotatable bonds is 10. The number of ether oxygens (including phenoxy) is 1. The van der Waals surface area contributed by atoms with Gasteiger partial charge in [-0.05, 0) is 53.1 Å². The Kier molecular flexibility index (Phi) is 8.34. The molecular formula is C23H25FN2O3S2. The number of thiophene rings is 2. The zero-order chi connectivity index (χ0) is 22.2. The summed E-state index contributed by atoms with van der Waals surface area (Å²) in [6.07, 6.45) is 0. The molecule has 0 radical (unpaired) electrons. The monoisotopic (exact) mass is 460 g/mol. The van der Waals surface area contributed by atoms with Crippen LogP contribution in [-0.2, 0) is 22.6 Å². The molecule has 2 amide bonds. The van der Waals surface area contributed by atoms with E-state index in [0.717, 1.165) is 16.0 Å². The van der Waals surface area contributed by atoms with E-state index in [1.54, 1.807) is 41.5 Å². The van der Waals surface area contributed by atoms with Crippen LogP contribution in [0.1, 0.15) is 25.7 Å². The molecule has 3 rings (SSSR count). The second-order valence-corrected chi connectivity index (χ2v) is 9.05. The van der Waals surface area contributed by atoms with Crippen molar-refractivity contribution in [2.45, 2.75) is 20.0 Å². The SMILES string of the molecule is COCCN(CC(=O)N(Cc1ccc(F)cc1)Cc1sccc1C)C(=O)c1cccs1. The zero-order valence-corrected chi connectivity index (χ0v) is 19.2. The minimum Gasteiger partial charge on any atom is -0.383 e. The molecule has 31 heavy (non-hydrogen) atoms. The van der Waals surface area contributed by atoms with Crippen LogP contribution in [0.5, 0.6) is 0 Å². The van der Waals surface area contributed by atoms with Crippen molar-refractivity contribution in [1.82, 2.24) is 9.80 Å². The summed E-state index contributed by atoms with van der Waals surface area (Å²) in [5.41, 5.74) is 1.95. The Morgan fingerprint density at radius 1 is 1.00 bits per heavy atom. The second-order valence-electron chi connectivity index (χ2n) is 7.10. The van der Waals surface area contributed by atoms with Crippen molar-refractivity contribution in [2.24, 2.45) is 0 Å². The first-order valence-electron chi connectivity index (χ1n) is 9.85. The number of halogens is 1. The van der Waals surface area contributed by atoms with Gasteiger partial charge in [0.15, 0.2) is 0 Å². The molecule has 164 valence electrons. The van der Waals surface area contributed by atoms with E-state index in [9.17, 15) is 14.0 Å². The highest BCUT2D eigenvalue weighted by Gasteiger charge is 2.24. The predicted molar refractivity (Wildman–Crippen MR) is 122 cm³/mol. The third-order valence-electron chi connectivity index (χ3n) is 4.85. The number of benzene rings is 1. The largest absolute Gasteiger partial charge is 0.383 e. The van der Waals surface area contributed by atoms with Crippen molar-refractivity contribution in [3.63, 3.8) is 0 Å². The van der Waals surface area contributed by atoms with Gasteiger partial charge in [0, 0.05) is 25.1 Å². The fourth-order valence-electron chi connectivity index (χ4n) is 3.06. The lowest BCUT2D eigenvalue weighted by Gasteiger charge is -2.27. The Bertz CT molecular complexity index is 987. The van der Waals surface area contributed by atoms with Crippen LogP contribution in [0.2, 0.25) is 0 Å². The van der Waals surface area contributed by atoms with Crippen molar-refractivity contribution in [1.29, 1.82) is 0 Å². The van der Waals surface area contributed by atoms with Crippen LogP contribution in [0.4, 0.5) is 4.39 Å². The molecule has 0 aliphatic rings. The standard InChI is InChI=1S/C23H25FN2O3S2/c1-17-9-13-31-21(17)15-26(14-18-5-7-19(24)8-6-18)22(27)16-25(10-11-29-2)23(28)20-4-3-12-30-20/h3-9,12-13H,10-11,14-16H2,1-2H3. The first kappa shape index (κ1) is 23.1. The summed E-state index contributed by atoms with van der Waals surface area (Å²) in [4.78, 5) is 31.1. The van der Waals surface area contributed by atoms with E-state index in [2.05, 4.69) is 0 Å². The van der Waals surface area contributed by atoms with Gasteiger partial charge in [0.2, 0.25) is 5.91 Å². The van der Waals surface area contributed by atoms with Gasteiger partial charge >= 0.3 is 0 Å². The van der Waals surface area contributed by atoms with E-state index in [0.29, 0.717) is 31.1 Å². The van der Waals surface area contributed by atoms with Gasteiger partial charge in [-0.1, -0.05) is 18.2 Å². The van der Waals surface area contributed by atoms with Gasteiger partial charge in [0.1, 0.15) is 12.4 Å². The first-order chi connectivity index (χ1) is 15.0. The average molecular weight is 461 g/mol. The molecule has 1 aromatic carbocycles. The number of carbonyl (C=O) groups is 2. The van der Waals surface area contributed by atoms with Gasteiger partial charge in [-0.2, -0.15) is 0 Å². The van der Waals surface area contributed by atoms with Crippen LogP contribution < -0.4 is 0 Å². The molecule has 0 aliphatic heterocycles. The maximum atomic E-state index is 13.3. The smallest absolute Gasteiger partial charge is 0.264 e. The lowest BCUT2D eigenvalue weighted by Crippen LogP contribution is -2.43. The summed E-state index contributed by atoms with van der Waals surface area (Å²) in [6, 6.07) is 11.7. The zero-order valence-electron chi connectivity index (χ0n) is 17.5. The van der Waals surface area contributed by atoms with Gasteiger partial charge in [-0.3, -0.25) is 9.59 Å². The molecular weight excluding hydrogens is 435 g/mol. The Hall–Kier alpha value is -2.55. The number of amides is 2. The number of methoxy groups -OCH3 is 1. The molecule has 0 unspecified atom stereocenters. The van der Waals surface area contributed by atoms with Gasteiger partial charge in [0.25, 0.3) is 5.91 Å². The van der Waals surface area contributed by atoms with E-state index in [-0.39, 0.29) is 24.2 Å². The Morgan fingerprint density at radius 3 is 2.39 bits per heavy atom. The van der Waals surface area contributed by atoms with Gasteiger partial charge < -0.3 is 14.5 Å². The summed E-state index contributed by atoms with van der Waals surface area (Å²) in [7, 11) is 1.57. The molecule has 0 aliphatic carbocycles. The highest BCUT2D eigenvalue weighted by atomic mass is 32.1. The molecule has 0 spiro atoms. The molecule has 3 aromatic rings. The minimum absolute atomic E-state index is 0.0499. The second kappa shape index (κ2) is 11.2. The number of aryl methyl sites for hydroxylation is 1. The summed E-state index contributed by atoms with van der Waals surface area (Å²) in [6.45, 7) is 3.39. The number of carbonyl (C=O) groups excluding carboxylic acids is 2. The molecule has 0 atom stereocenters. The fourth-order valence-corrected chi connectivity index (χ4v) is 4.67. The topological polar surface area (TPSA) is 49.9 Å². The Morgan fingerprint density at radius 2 is 1.77 bits per heavy atom. The average Bonchev–Trinajstić information content (AvgIpc) is 3.44. The van der Waals surface area contributed by atoms with Crippen LogP contribution in [-0.4, -0.2) is 48.4 Å². The minimum atomic E-state index is -0.317. The Labute approximate surface area is 189 Å². The molecule has 0 fully saturated rings. The maximum absolute atomic E-state index is 13.3. The first-order valence-corrected chi connectivity index (χ1v) is 11.6. The van der Waals surface area contributed by atoms with Crippen molar-refractivity contribution in [2.75, 3.05) is 26.8 Å². The summed E-state index contributed by atoms with van der Waals surface area (Å²) < 4.78 is 18.5. The van der Waals surface area contributed by atoms with Crippen molar-refractivity contribution < 1.29 is 18.7 Å². The third-order valence-corrected chi connectivity index (χ3v) is 6.72. The van der Waals surface area contributed by atoms with Gasteiger partial charge in [0.05, 0.1) is 18.0 Å². The van der Waals surface area contributed by atoms with E-state index in [1.807, 2.05) is 29.8 Å². The van der Waals surface area contributed by atoms with E-state index in [1.165, 1.54) is 28.4 Å². The number of hydrogen-bond donors (Lipinski definition) is 0. The molecule has 8 heteroatoms. The summed E-state index contributed by atoms with van der Waals surface area (Å²) >= 11 is 2.94. The van der Waals surface area contributed by atoms with E-state index < -0.39 is 0 Å². The van der Waals surface area contributed by atoms with Crippen molar-refractivity contribution >= 4 is 34.5 Å². The Balaban J connectivity index is 1.79. The van der Waals surface area contributed by atoms with Crippen LogP contribution >= 0.6 is 22.7 Å². The lowest BCUT2D eigenvalue weighted by atomic mass is 10.2. The predicted octanol–water partition coefficient (Wildman–Crippen LogP) is 4.57. The van der Waals surface area contributed by atoms with Crippen LogP contribution in [0.25, 0.3) is 0 Å². The van der Waals surface area contributed by atoms with Crippen LogP contribution in [0.3, 0.4) is 0 Å². The normalized spacial score (nSPS) is 10.8. The van der Waals surface area contributed by atoms with E-state index in [4.69, 9.17) is 4.74 Å². The van der Waals surface area contributed by atoms with Gasteiger partial charge in [-0.15, -0.1) is 22.7 Å². The molecule has 2 aromatic heterocycles. The number of nitrogens with zero attached hydrogens (tertiary/aromatic N) is 2. The van der Waals surface area contributed by atoms with Crippen LogP contribution in [0.15, 0.2) is 53.2 Å². The molecule has 0 saturated heterocycles. The van der Waals surface area contributed by atoms with Crippen molar-refractivity contribution in [3.05, 3.63) is 79.9 Å². The molecule has 2 heterocycles. The maximum Gasteiger partial charge on any atom is 0.264 e. The molecule has 5 nitrogen and oxygen atoms in total. The van der Waals surface area contributed by atoms with Crippen molar-refractivity contribution in [3.8, 4) is 0 Å². The highest BCUT2D eigenvalue weighted by molar-refractivity contribution is 7.12. The lowest BCUT2D eigenvalue weighted by molar-refractivity contribution is -0.133. The summed E-state index contributed by atoms with van der Waals surface area (Å²) in [5.74, 6) is -0.671. The summed E-state index contributed by atoms with van der Waals surface area (Å²) in [5, 5.41) is 3.83. The third kappa shape index (κ3) is 6.46.